The monoisotopic (exact) mass is 235 g/mol. The summed E-state index contributed by atoms with van der Waals surface area (Å²) in [7, 11) is 0. The molecule has 0 aromatic rings. The van der Waals surface area contributed by atoms with Crippen LogP contribution in [0.25, 0.3) is 0 Å². The molecule has 0 unspecified atom stereocenters. The summed E-state index contributed by atoms with van der Waals surface area (Å²) in [5.74, 6) is 4.12. The summed E-state index contributed by atoms with van der Waals surface area (Å²) in [6.45, 7) is 0.691. The minimum Gasteiger partial charge on any atom is -0.355 e. The Hall–Kier alpha value is -0.140. The molecule has 2 nitrogen and oxygen atoms in total. The summed E-state index contributed by atoms with van der Waals surface area (Å²) in [6, 6.07) is 0. The molecule has 0 spiro atoms. The third-order valence-corrected chi connectivity index (χ3v) is 2.25. The third-order valence-electron chi connectivity index (χ3n) is 0.875. The molecule has 4 heteroatoms. The van der Waals surface area contributed by atoms with Crippen molar-refractivity contribution in [2.45, 2.75) is 0 Å². The molecule has 0 radical (unpaired) electrons. The van der Waals surface area contributed by atoms with Crippen molar-refractivity contribution in [3.8, 4) is 12.3 Å². The highest BCUT2D eigenvalue weighted by atomic mass is 79.9. The van der Waals surface area contributed by atoms with Crippen LogP contribution in [0.1, 0.15) is 0 Å². The van der Waals surface area contributed by atoms with Gasteiger partial charge in [0.25, 0.3) is 0 Å². The van der Waals surface area contributed by atoms with Gasteiger partial charge in [-0.25, -0.2) is 0 Å². The molecule has 0 atom stereocenters. The molecular formula is C7H10BrNOS. The average Bonchev–Trinajstić information content (AvgIpc) is 2.04. The molecular weight excluding hydrogens is 226 g/mol. The van der Waals surface area contributed by atoms with Crippen LogP contribution in [0, 0.1) is 12.3 Å². The lowest BCUT2D eigenvalue weighted by molar-refractivity contribution is -0.118. The number of hydrogen-bond acceptors (Lipinski definition) is 2. The van der Waals surface area contributed by atoms with Gasteiger partial charge >= 0.3 is 0 Å². The van der Waals surface area contributed by atoms with Gasteiger partial charge in [-0.2, -0.15) is 0 Å². The lowest BCUT2D eigenvalue weighted by Gasteiger charge is -1.99. The number of nitrogens with one attached hydrogen (secondary N) is 1. The normalized spacial score (nSPS) is 8.73. The number of thioether (sulfide) groups is 1. The van der Waals surface area contributed by atoms with Gasteiger partial charge in [-0.3, -0.25) is 4.79 Å². The molecule has 0 saturated heterocycles. The van der Waals surface area contributed by atoms with Crippen LogP contribution in [0.4, 0.5) is 0 Å². The Morgan fingerprint density at radius 1 is 1.73 bits per heavy atom. The summed E-state index contributed by atoms with van der Waals surface area (Å²) in [6.07, 6.45) is 5.03. The standard InChI is InChI=1S/C7H10BrNOS/c1-2-4-11-5-3-9-7(10)6-8/h1H,3-6H2,(H,9,10). The van der Waals surface area contributed by atoms with Gasteiger partial charge in [0.15, 0.2) is 0 Å². The topological polar surface area (TPSA) is 29.1 Å². The van der Waals surface area contributed by atoms with Crippen LogP contribution in [0.15, 0.2) is 0 Å². The van der Waals surface area contributed by atoms with Gasteiger partial charge in [0.05, 0.1) is 11.1 Å². The number of halogens is 1. The van der Waals surface area contributed by atoms with Crippen LogP contribution in [0.5, 0.6) is 0 Å². The number of amides is 1. The SMILES string of the molecule is C#CCSCCNC(=O)CBr. The number of rotatable bonds is 5. The van der Waals surface area contributed by atoms with Gasteiger partial charge in [0.2, 0.25) is 5.91 Å². The summed E-state index contributed by atoms with van der Waals surface area (Å²) in [5, 5.41) is 3.08. The van der Waals surface area contributed by atoms with E-state index in [-0.39, 0.29) is 5.91 Å². The van der Waals surface area contributed by atoms with E-state index in [1.54, 1.807) is 11.8 Å². The minimum atomic E-state index is 0.0197. The predicted molar refractivity (Wildman–Crippen MR) is 53.0 cm³/mol. The highest BCUT2D eigenvalue weighted by Gasteiger charge is 1.94. The van der Waals surface area contributed by atoms with Crippen molar-refractivity contribution in [3.63, 3.8) is 0 Å². The van der Waals surface area contributed by atoms with Crippen LogP contribution >= 0.6 is 27.7 Å². The second-order valence-electron chi connectivity index (χ2n) is 1.74. The number of carbonyl (C=O) groups excluding carboxylic acids is 1. The summed E-state index contributed by atoms with van der Waals surface area (Å²) in [5.41, 5.74) is 0. The first-order valence-electron chi connectivity index (χ1n) is 3.15. The van der Waals surface area contributed by atoms with Crippen molar-refractivity contribution in [1.29, 1.82) is 0 Å². The molecule has 0 aliphatic heterocycles. The van der Waals surface area contributed by atoms with E-state index in [9.17, 15) is 4.79 Å². The summed E-state index contributed by atoms with van der Waals surface area (Å²) >= 11 is 4.69. The molecule has 0 aromatic heterocycles. The predicted octanol–water partition coefficient (Wildman–Crippen LogP) is 0.864. The first-order chi connectivity index (χ1) is 5.31. The van der Waals surface area contributed by atoms with Gasteiger partial charge < -0.3 is 5.32 Å². The van der Waals surface area contributed by atoms with E-state index in [0.717, 1.165) is 5.75 Å². The molecule has 0 fully saturated rings. The Labute approximate surface area is 79.6 Å². The summed E-state index contributed by atoms with van der Waals surface area (Å²) < 4.78 is 0. The molecule has 0 aromatic carbocycles. The van der Waals surface area contributed by atoms with Crippen molar-refractivity contribution in [3.05, 3.63) is 0 Å². The van der Waals surface area contributed by atoms with Crippen LogP contribution in [-0.4, -0.2) is 29.3 Å². The Bertz CT molecular complexity index is 155. The number of carbonyl (C=O) groups is 1. The van der Waals surface area contributed by atoms with E-state index in [4.69, 9.17) is 6.42 Å². The largest absolute Gasteiger partial charge is 0.355 e. The molecule has 62 valence electrons. The third kappa shape index (κ3) is 7.76. The van der Waals surface area contributed by atoms with Crippen molar-refractivity contribution in [2.24, 2.45) is 0 Å². The van der Waals surface area contributed by atoms with Crippen molar-refractivity contribution >= 4 is 33.6 Å². The molecule has 1 amide bonds. The Balaban J connectivity index is 3.03. The Kier molecular flexibility index (Phi) is 7.86. The number of alkyl halides is 1. The molecule has 0 heterocycles. The molecule has 0 rings (SSSR count). The second kappa shape index (κ2) is 7.96. The maximum atomic E-state index is 10.6. The fraction of sp³-hybridized carbons (Fsp3) is 0.571. The Morgan fingerprint density at radius 3 is 3.00 bits per heavy atom. The van der Waals surface area contributed by atoms with Crippen molar-refractivity contribution in [2.75, 3.05) is 23.4 Å². The van der Waals surface area contributed by atoms with Crippen LogP contribution in [0.3, 0.4) is 0 Å². The lowest BCUT2D eigenvalue weighted by atomic mass is 10.6. The van der Waals surface area contributed by atoms with Gasteiger partial charge in [-0.05, 0) is 0 Å². The van der Waals surface area contributed by atoms with Gasteiger partial charge in [0, 0.05) is 12.3 Å². The highest BCUT2D eigenvalue weighted by molar-refractivity contribution is 9.09. The fourth-order valence-electron chi connectivity index (χ4n) is 0.441. The number of hydrogen-bond donors (Lipinski definition) is 1. The van der Waals surface area contributed by atoms with Crippen molar-refractivity contribution < 1.29 is 4.79 Å². The van der Waals surface area contributed by atoms with Crippen LogP contribution < -0.4 is 5.32 Å². The zero-order chi connectivity index (χ0) is 8.53. The average molecular weight is 236 g/mol. The highest BCUT2D eigenvalue weighted by Crippen LogP contribution is 1.95. The summed E-state index contributed by atoms with van der Waals surface area (Å²) in [4.78, 5) is 10.6. The van der Waals surface area contributed by atoms with Crippen LogP contribution in [-0.2, 0) is 4.79 Å². The van der Waals surface area contributed by atoms with Crippen molar-refractivity contribution in [1.82, 2.24) is 5.32 Å². The number of terminal acetylenes is 1. The molecule has 0 saturated carbocycles. The van der Waals surface area contributed by atoms with E-state index in [1.165, 1.54) is 0 Å². The van der Waals surface area contributed by atoms with E-state index in [0.29, 0.717) is 17.6 Å². The second-order valence-corrected chi connectivity index (χ2v) is 3.41. The maximum Gasteiger partial charge on any atom is 0.230 e. The Morgan fingerprint density at radius 2 is 2.45 bits per heavy atom. The molecule has 1 N–H and O–H groups in total. The first-order valence-corrected chi connectivity index (χ1v) is 5.42. The zero-order valence-corrected chi connectivity index (χ0v) is 8.50. The maximum absolute atomic E-state index is 10.6. The molecule has 11 heavy (non-hydrogen) atoms. The van der Waals surface area contributed by atoms with Crippen LogP contribution in [0.2, 0.25) is 0 Å². The van der Waals surface area contributed by atoms with E-state index < -0.39 is 0 Å². The lowest BCUT2D eigenvalue weighted by Crippen LogP contribution is -2.26. The zero-order valence-electron chi connectivity index (χ0n) is 6.10. The minimum absolute atomic E-state index is 0.0197. The van der Waals surface area contributed by atoms with E-state index >= 15 is 0 Å². The van der Waals surface area contributed by atoms with Gasteiger partial charge in [-0.1, -0.05) is 21.9 Å². The smallest absolute Gasteiger partial charge is 0.230 e. The van der Waals surface area contributed by atoms with Gasteiger partial charge in [-0.15, -0.1) is 18.2 Å². The van der Waals surface area contributed by atoms with E-state index in [2.05, 4.69) is 27.2 Å². The molecule has 0 aliphatic carbocycles. The van der Waals surface area contributed by atoms with E-state index in [1.807, 2.05) is 0 Å². The first kappa shape index (κ1) is 10.9. The fourth-order valence-corrected chi connectivity index (χ4v) is 1.15. The molecule has 0 aliphatic rings. The molecule has 0 bridgehead atoms. The quantitative estimate of drug-likeness (QED) is 0.436. The van der Waals surface area contributed by atoms with Gasteiger partial charge in [0.1, 0.15) is 0 Å².